The third kappa shape index (κ3) is 2.97. The highest BCUT2D eigenvalue weighted by Gasteiger charge is 2.17. The van der Waals surface area contributed by atoms with Crippen molar-refractivity contribution < 1.29 is 14.6 Å². The van der Waals surface area contributed by atoms with Crippen molar-refractivity contribution in [3.63, 3.8) is 0 Å². The minimum Gasteiger partial charge on any atom is -0.508 e. The Bertz CT molecular complexity index is 411. The van der Waals surface area contributed by atoms with Crippen LogP contribution in [0.1, 0.15) is 28.8 Å². The highest BCUT2D eigenvalue weighted by molar-refractivity contribution is 5.94. The average molecular weight is 235 g/mol. The van der Waals surface area contributed by atoms with Gasteiger partial charge in [-0.15, -0.1) is 0 Å². The molecule has 4 heteroatoms. The molecule has 1 fully saturated rings. The van der Waals surface area contributed by atoms with Crippen LogP contribution in [0.4, 0.5) is 0 Å². The number of carbonyl (C=O) groups excluding carboxylic acids is 1. The first-order chi connectivity index (χ1) is 8.16. The summed E-state index contributed by atoms with van der Waals surface area (Å²) in [6.07, 6.45) is 1.73. The normalized spacial score (nSPS) is 16.8. The fourth-order valence-corrected chi connectivity index (χ4v) is 1.91. The molecule has 0 saturated carbocycles. The highest BCUT2D eigenvalue weighted by Crippen LogP contribution is 2.17. The quantitative estimate of drug-likeness (QED) is 0.818. The van der Waals surface area contributed by atoms with Gasteiger partial charge in [0.15, 0.2) is 0 Å². The lowest BCUT2D eigenvalue weighted by atomic mass is 10.1. The zero-order valence-electron chi connectivity index (χ0n) is 9.90. The molecule has 0 radical (unpaired) electrons. The van der Waals surface area contributed by atoms with Crippen molar-refractivity contribution in [2.24, 2.45) is 0 Å². The van der Waals surface area contributed by atoms with Gasteiger partial charge in [0.1, 0.15) is 5.75 Å². The number of benzene rings is 1. The summed E-state index contributed by atoms with van der Waals surface area (Å²) < 4.78 is 5.24. The maximum Gasteiger partial charge on any atom is 0.251 e. The molecule has 17 heavy (non-hydrogen) atoms. The van der Waals surface area contributed by atoms with Gasteiger partial charge in [0.2, 0.25) is 0 Å². The van der Waals surface area contributed by atoms with Crippen LogP contribution in [0.5, 0.6) is 5.75 Å². The van der Waals surface area contributed by atoms with Crippen molar-refractivity contribution in [2.75, 3.05) is 13.2 Å². The predicted molar refractivity (Wildman–Crippen MR) is 64.2 cm³/mol. The van der Waals surface area contributed by atoms with Gasteiger partial charge in [0.25, 0.3) is 5.91 Å². The van der Waals surface area contributed by atoms with Gasteiger partial charge in [-0.1, -0.05) is 0 Å². The van der Waals surface area contributed by atoms with Gasteiger partial charge < -0.3 is 15.2 Å². The molecule has 0 aromatic heterocycles. The maximum atomic E-state index is 11.9. The standard InChI is InChI=1S/C13H17NO3/c1-9-8-10(2-3-12(9)15)13(16)14-11-4-6-17-7-5-11/h2-3,8,11,15H,4-7H2,1H3,(H,14,16). The zero-order valence-corrected chi connectivity index (χ0v) is 9.90. The molecule has 4 nitrogen and oxygen atoms in total. The molecule has 0 atom stereocenters. The van der Waals surface area contributed by atoms with Crippen LogP contribution in [0.3, 0.4) is 0 Å². The number of rotatable bonds is 2. The van der Waals surface area contributed by atoms with Crippen LogP contribution in [0, 0.1) is 6.92 Å². The summed E-state index contributed by atoms with van der Waals surface area (Å²) in [5.74, 6) is 0.132. The number of nitrogens with one attached hydrogen (secondary N) is 1. The lowest BCUT2D eigenvalue weighted by Gasteiger charge is -2.23. The smallest absolute Gasteiger partial charge is 0.251 e. The summed E-state index contributed by atoms with van der Waals surface area (Å²) in [7, 11) is 0. The Balaban J connectivity index is 2.01. The van der Waals surface area contributed by atoms with E-state index in [4.69, 9.17) is 4.74 Å². The van der Waals surface area contributed by atoms with Gasteiger partial charge in [0, 0.05) is 24.8 Å². The van der Waals surface area contributed by atoms with E-state index < -0.39 is 0 Å². The van der Waals surface area contributed by atoms with E-state index in [9.17, 15) is 9.90 Å². The van der Waals surface area contributed by atoms with E-state index in [1.54, 1.807) is 25.1 Å². The van der Waals surface area contributed by atoms with Crippen molar-refractivity contribution in [3.05, 3.63) is 29.3 Å². The molecule has 1 amide bonds. The van der Waals surface area contributed by atoms with Gasteiger partial charge in [-0.2, -0.15) is 0 Å². The third-order valence-corrected chi connectivity index (χ3v) is 3.02. The van der Waals surface area contributed by atoms with E-state index in [-0.39, 0.29) is 17.7 Å². The van der Waals surface area contributed by atoms with E-state index in [0.717, 1.165) is 12.8 Å². The molecule has 0 spiro atoms. The van der Waals surface area contributed by atoms with Crippen molar-refractivity contribution in [1.29, 1.82) is 0 Å². The van der Waals surface area contributed by atoms with Gasteiger partial charge in [-0.25, -0.2) is 0 Å². The number of phenolic OH excluding ortho intramolecular Hbond substituents is 1. The molecule has 2 rings (SSSR count). The van der Waals surface area contributed by atoms with Crippen LogP contribution in [0.15, 0.2) is 18.2 Å². The van der Waals surface area contributed by atoms with Gasteiger partial charge in [-0.05, 0) is 43.5 Å². The Morgan fingerprint density at radius 1 is 1.41 bits per heavy atom. The topological polar surface area (TPSA) is 58.6 Å². The monoisotopic (exact) mass is 235 g/mol. The van der Waals surface area contributed by atoms with Gasteiger partial charge in [0.05, 0.1) is 0 Å². The van der Waals surface area contributed by atoms with E-state index in [2.05, 4.69) is 5.32 Å². The summed E-state index contributed by atoms with van der Waals surface area (Å²) in [5.41, 5.74) is 1.30. The third-order valence-electron chi connectivity index (χ3n) is 3.02. The average Bonchev–Trinajstić information content (AvgIpc) is 2.34. The molecule has 92 valence electrons. The molecule has 1 aliphatic heterocycles. The van der Waals surface area contributed by atoms with Crippen LogP contribution in [0.2, 0.25) is 0 Å². The van der Waals surface area contributed by atoms with E-state index >= 15 is 0 Å². The Labute approximate surface area is 101 Å². The lowest BCUT2D eigenvalue weighted by molar-refractivity contribution is 0.0696. The molecule has 0 bridgehead atoms. The fraction of sp³-hybridized carbons (Fsp3) is 0.462. The first-order valence-electron chi connectivity index (χ1n) is 5.85. The summed E-state index contributed by atoms with van der Waals surface area (Å²) >= 11 is 0. The number of phenols is 1. The van der Waals surface area contributed by atoms with Gasteiger partial charge in [-0.3, -0.25) is 4.79 Å². The number of aromatic hydroxyl groups is 1. The summed E-state index contributed by atoms with van der Waals surface area (Å²) in [5, 5.41) is 12.4. The van der Waals surface area contributed by atoms with Crippen LogP contribution in [-0.4, -0.2) is 30.3 Å². The summed E-state index contributed by atoms with van der Waals surface area (Å²) in [6.45, 7) is 3.19. The highest BCUT2D eigenvalue weighted by atomic mass is 16.5. The molecule has 1 aliphatic rings. The molecule has 2 N–H and O–H groups in total. The number of hydrogen-bond acceptors (Lipinski definition) is 3. The number of carbonyl (C=O) groups is 1. The molecular weight excluding hydrogens is 218 g/mol. The molecule has 1 saturated heterocycles. The fourth-order valence-electron chi connectivity index (χ4n) is 1.91. The van der Waals surface area contributed by atoms with E-state index in [1.165, 1.54) is 0 Å². The van der Waals surface area contributed by atoms with Crippen LogP contribution in [-0.2, 0) is 4.74 Å². The number of amides is 1. The molecule has 1 aromatic carbocycles. The largest absolute Gasteiger partial charge is 0.508 e. The molecule has 1 aromatic rings. The maximum absolute atomic E-state index is 11.9. The Kier molecular flexibility index (Phi) is 3.64. The molecule has 1 heterocycles. The summed E-state index contributed by atoms with van der Waals surface area (Å²) in [4.78, 5) is 11.9. The predicted octanol–water partition coefficient (Wildman–Crippen LogP) is 1.61. The molecular formula is C13H17NO3. The molecule has 0 aliphatic carbocycles. The zero-order chi connectivity index (χ0) is 12.3. The number of hydrogen-bond donors (Lipinski definition) is 2. The Morgan fingerprint density at radius 2 is 2.12 bits per heavy atom. The first kappa shape index (κ1) is 11.9. The second-order valence-electron chi connectivity index (χ2n) is 4.36. The van der Waals surface area contributed by atoms with E-state index in [1.807, 2.05) is 0 Å². The van der Waals surface area contributed by atoms with Crippen molar-refractivity contribution in [3.8, 4) is 5.75 Å². The van der Waals surface area contributed by atoms with Crippen LogP contribution in [0.25, 0.3) is 0 Å². The minimum absolute atomic E-state index is 0.0833. The molecule has 0 unspecified atom stereocenters. The Morgan fingerprint density at radius 3 is 2.76 bits per heavy atom. The van der Waals surface area contributed by atoms with Crippen molar-refractivity contribution in [1.82, 2.24) is 5.32 Å². The summed E-state index contributed by atoms with van der Waals surface area (Å²) in [6, 6.07) is 5.08. The Hall–Kier alpha value is -1.55. The van der Waals surface area contributed by atoms with Crippen LogP contribution < -0.4 is 5.32 Å². The van der Waals surface area contributed by atoms with Gasteiger partial charge >= 0.3 is 0 Å². The second-order valence-corrected chi connectivity index (χ2v) is 4.36. The number of ether oxygens (including phenoxy) is 1. The van der Waals surface area contributed by atoms with E-state index in [0.29, 0.717) is 24.3 Å². The van der Waals surface area contributed by atoms with Crippen molar-refractivity contribution in [2.45, 2.75) is 25.8 Å². The minimum atomic E-state index is -0.0833. The second kappa shape index (κ2) is 5.19. The first-order valence-corrected chi connectivity index (χ1v) is 5.85. The SMILES string of the molecule is Cc1cc(C(=O)NC2CCOCC2)ccc1O. The lowest BCUT2D eigenvalue weighted by Crippen LogP contribution is -2.38. The van der Waals surface area contributed by atoms with Crippen LogP contribution >= 0.6 is 0 Å². The van der Waals surface area contributed by atoms with Crippen molar-refractivity contribution >= 4 is 5.91 Å². The number of aryl methyl sites for hydroxylation is 1.